The van der Waals surface area contributed by atoms with Crippen molar-refractivity contribution in [3.63, 3.8) is 0 Å². The Kier molecular flexibility index (Phi) is 2.82. The van der Waals surface area contributed by atoms with E-state index in [0.29, 0.717) is 0 Å². The molecule has 0 unspecified atom stereocenters. The van der Waals surface area contributed by atoms with E-state index in [4.69, 9.17) is 4.52 Å². The van der Waals surface area contributed by atoms with E-state index in [2.05, 4.69) is 22.2 Å². The maximum atomic E-state index is 5.43. The van der Waals surface area contributed by atoms with Crippen molar-refractivity contribution in [1.29, 1.82) is 0 Å². The van der Waals surface area contributed by atoms with Gasteiger partial charge in [0.15, 0.2) is 0 Å². The molecule has 0 aliphatic carbocycles. The number of rotatable bonds is 2. The van der Waals surface area contributed by atoms with Gasteiger partial charge in [-0.3, -0.25) is 0 Å². The topological polar surface area (TPSA) is 29.3 Å². The molecule has 0 spiro atoms. The summed E-state index contributed by atoms with van der Waals surface area (Å²) >= 11 is 0. The SMILES string of the molecule is c1ccc(-c2cc(N3CCCCC3)on2)cc1. The standard InChI is InChI=1S/C14H16N2O/c1-3-7-12(8-4-1)13-11-14(17-15-13)16-9-5-2-6-10-16/h1,3-4,7-8,11H,2,5-6,9-10H2. The van der Waals surface area contributed by atoms with Crippen LogP contribution in [0.4, 0.5) is 5.88 Å². The summed E-state index contributed by atoms with van der Waals surface area (Å²) in [6.45, 7) is 2.17. The molecule has 88 valence electrons. The van der Waals surface area contributed by atoms with Crippen LogP contribution in [-0.4, -0.2) is 18.2 Å². The lowest BCUT2D eigenvalue weighted by Crippen LogP contribution is -2.28. The molecule has 1 aromatic heterocycles. The van der Waals surface area contributed by atoms with Crippen LogP contribution >= 0.6 is 0 Å². The van der Waals surface area contributed by atoms with Gasteiger partial charge in [-0.1, -0.05) is 35.5 Å². The number of anilines is 1. The van der Waals surface area contributed by atoms with Crippen molar-refractivity contribution in [3.05, 3.63) is 36.4 Å². The molecule has 2 heterocycles. The highest BCUT2D eigenvalue weighted by atomic mass is 16.5. The molecule has 3 nitrogen and oxygen atoms in total. The first-order valence-corrected chi connectivity index (χ1v) is 6.20. The van der Waals surface area contributed by atoms with Gasteiger partial charge in [0.2, 0.25) is 5.88 Å². The molecule has 1 aliphatic heterocycles. The van der Waals surface area contributed by atoms with E-state index in [1.807, 2.05) is 24.3 Å². The second-order valence-electron chi connectivity index (χ2n) is 4.46. The van der Waals surface area contributed by atoms with Gasteiger partial charge < -0.3 is 9.42 Å². The molecule has 1 aromatic carbocycles. The van der Waals surface area contributed by atoms with Crippen LogP contribution in [0.15, 0.2) is 40.9 Å². The highest BCUT2D eigenvalue weighted by Crippen LogP contribution is 2.25. The summed E-state index contributed by atoms with van der Waals surface area (Å²) in [5.74, 6) is 0.906. The average Bonchev–Trinajstić information content (AvgIpc) is 2.90. The Hall–Kier alpha value is -1.77. The normalized spacial score (nSPS) is 16.1. The van der Waals surface area contributed by atoms with Gasteiger partial charge in [-0.05, 0) is 19.3 Å². The van der Waals surface area contributed by atoms with Crippen LogP contribution in [0.2, 0.25) is 0 Å². The van der Waals surface area contributed by atoms with Crippen LogP contribution in [0.3, 0.4) is 0 Å². The second kappa shape index (κ2) is 4.62. The van der Waals surface area contributed by atoms with Crippen LogP contribution in [0.5, 0.6) is 0 Å². The zero-order chi connectivity index (χ0) is 11.5. The van der Waals surface area contributed by atoms with Gasteiger partial charge in [0.1, 0.15) is 5.69 Å². The second-order valence-corrected chi connectivity index (χ2v) is 4.46. The minimum atomic E-state index is 0.906. The molecule has 1 saturated heterocycles. The summed E-state index contributed by atoms with van der Waals surface area (Å²) in [6, 6.07) is 12.2. The van der Waals surface area contributed by atoms with Crippen LogP contribution in [0.25, 0.3) is 11.3 Å². The van der Waals surface area contributed by atoms with E-state index in [-0.39, 0.29) is 0 Å². The minimum absolute atomic E-state index is 0.906. The highest BCUT2D eigenvalue weighted by Gasteiger charge is 2.15. The van der Waals surface area contributed by atoms with E-state index in [0.717, 1.165) is 30.2 Å². The van der Waals surface area contributed by atoms with E-state index >= 15 is 0 Å². The molecule has 17 heavy (non-hydrogen) atoms. The zero-order valence-corrected chi connectivity index (χ0v) is 9.80. The lowest BCUT2D eigenvalue weighted by atomic mass is 10.1. The lowest BCUT2D eigenvalue weighted by molar-refractivity contribution is 0.407. The lowest BCUT2D eigenvalue weighted by Gasteiger charge is -2.25. The number of benzene rings is 1. The van der Waals surface area contributed by atoms with Crippen molar-refractivity contribution in [1.82, 2.24) is 5.16 Å². The fraction of sp³-hybridized carbons (Fsp3) is 0.357. The van der Waals surface area contributed by atoms with Crippen LogP contribution in [-0.2, 0) is 0 Å². The van der Waals surface area contributed by atoms with Crippen molar-refractivity contribution in [2.45, 2.75) is 19.3 Å². The van der Waals surface area contributed by atoms with E-state index < -0.39 is 0 Å². The summed E-state index contributed by atoms with van der Waals surface area (Å²) < 4.78 is 5.43. The van der Waals surface area contributed by atoms with Crippen molar-refractivity contribution >= 4 is 5.88 Å². The monoisotopic (exact) mass is 228 g/mol. The summed E-state index contributed by atoms with van der Waals surface area (Å²) in [7, 11) is 0. The molecule has 1 fully saturated rings. The Morgan fingerprint density at radius 1 is 1.00 bits per heavy atom. The number of piperidine rings is 1. The van der Waals surface area contributed by atoms with Crippen LogP contribution in [0, 0.1) is 0 Å². The summed E-state index contributed by atoms with van der Waals surface area (Å²) in [5.41, 5.74) is 2.03. The van der Waals surface area contributed by atoms with Gasteiger partial charge >= 0.3 is 0 Å². The number of hydrogen-bond acceptors (Lipinski definition) is 3. The zero-order valence-electron chi connectivity index (χ0n) is 9.80. The molecule has 3 rings (SSSR count). The largest absolute Gasteiger partial charge is 0.341 e. The Bertz CT molecular complexity index is 472. The Balaban J connectivity index is 1.83. The quantitative estimate of drug-likeness (QED) is 0.789. The number of aromatic nitrogens is 1. The maximum absolute atomic E-state index is 5.43. The first kappa shape index (κ1) is 10.4. The summed E-state index contributed by atoms with van der Waals surface area (Å²) in [4.78, 5) is 2.28. The molecule has 1 aliphatic rings. The fourth-order valence-corrected chi connectivity index (χ4v) is 2.27. The van der Waals surface area contributed by atoms with Crippen LogP contribution < -0.4 is 4.90 Å². The third-order valence-electron chi connectivity index (χ3n) is 3.24. The molecular formula is C14H16N2O. The summed E-state index contributed by atoms with van der Waals surface area (Å²) in [5, 5.41) is 4.14. The predicted molar refractivity (Wildman–Crippen MR) is 68.0 cm³/mol. The van der Waals surface area contributed by atoms with Crippen molar-refractivity contribution in [2.24, 2.45) is 0 Å². The molecule has 0 saturated carbocycles. The molecular weight excluding hydrogens is 212 g/mol. The van der Waals surface area contributed by atoms with Crippen LogP contribution in [0.1, 0.15) is 19.3 Å². The van der Waals surface area contributed by atoms with Gasteiger partial charge in [-0.15, -0.1) is 0 Å². The molecule has 0 N–H and O–H groups in total. The van der Waals surface area contributed by atoms with Crippen molar-refractivity contribution < 1.29 is 4.52 Å². The molecule has 0 amide bonds. The van der Waals surface area contributed by atoms with Gasteiger partial charge in [0.05, 0.1) is 0 Å². The van der Waals surface area contributed by atoms with E-state index in [9.17, 15) is 0 Å². The Labute approximate surface area is 101 Å². The van der Waals surface area contributed by atoms with Gasteiger partial charge in [0.25, 0.3) is 0 Å². The smallest absolute Gasteiger partial charge is 0.227 e. The summed E-state index contributed by atoms with van der Waals surface area (Å²) in [6.07, 6.45) is 3.83. The third-order valence-corrected chi connectivity index (χ3v) is 3.24. The number of nitrogens with zero attached hydrogens (tertiary/aromatic N) is 2. The highest BCUT2D eigenvalue weighted by molar-refractivity contribution is 5.61. The van der Waals surface area contributed by atoms with E-state index in [1.54, 1.807) is 0 Å². The molecule has 0 radical (unpaired) electrons. The fourth-order valence-electron chi connectivity index (χ4n) is 2.27. The first-order chi connectivity index (χ1) is 8.43. The molecule has 2 aromatic rings. The minimum Gasteiger partial charge on any atom is -0.341 e. The Morgan fingerprint density at radius 2 is 1.76 bits per heavy atom. The molecule has 0 bridgehead atoms. The third kappa shape index (κ3) is 2.18. The van der Waals surface area contributed by atoms with Crippen molar-refractivity contribution in [3.8, 4) is 11.3 Å². The number of hydrogen-bond donors (Lipinski definition) is 0. The van der Waals surface area contributed by atoms with Gasteiger partial charge in [0, 0.05) is 24.7 Å². The maximum Gasteiger partial charge on any atom is 0.227 e. The van der Waals surface area contributed by atoms with Gasteiger partial charge in [-0.2, -0.15) is 0 Å². The average molecular weight is 228 g/mol. The molecule has 0 atom stereocenters. The first-order valence-electron chi connectivity index (χ1n) is 6.20. The Morgan fingerprint density at radius 3 is 2.53 bits per heavy atom. The molecule has 3 heteroatoms. The van der Waals surface area contributed by atoms with Gasteiger partial charge in [-0.25, -0.2) is 0 Å². The van der Waals surface area contributed by atoms with Crippen molar-refractivity contribution in [2.75, 3.05) is 18.0 Å². The predicted octanol–water partition coefficient (Wildman–Crippen LogP) is 3.33. The van der Waals surface area contributed by atoms with E-state index in [1.165, 1.54) is 19.3 Å².